The number of allylic oxidation sites excluding steroid dienone is 1. The van der Waals surface area contributed by atoms with Gasteiger partial charge in [-0.25, -0.2) is 0 Å². The van der Waals surface area contributed by atoms with E-state index in [1.165, 1.54) is 6.08 Å². The fraction of sp³-hybridized carbons (Fsp3) is 0.231. The van der Waals surface area contributed by atoms with E-state index in [0.717, 1.165) is 11.1 Å². The predicted molar refractivity (Wildman–Crippen MR) is 60.1 cm³/mol. The second-order valence-electron chi connectivity index (χ2n) is 3.93. The Labute approximate surface area is 93.4 Å². The monoisotopic (exact) mass is 216 g/mol. The van der Waals surface area contributed by atoms with Crippen molar-refractivity contribution >= 4 is 17.8 Å². The molecule has 1 N–H and O–H groups in total. The van der Waals surface area contributed by atoms with E-state index in [-0.39, 0.29) is 24.5 Å². The Balaban J connectivity index is 2.40. The van der Waals surface area contributed by atoms with Gasteiger partial charge in [-0.1, -0.05) is 30.3 Å². The van der Waals surface area contributed by atoms with Crippen LogP contribution < -0.4 is 0 Å². The van der Waals surface area contributed by atoms with Crippen LogP contribution in [0.5, 0.6) is 0 Å². The van der Waals surface area contributed by atoms with E-state index in [0.29, 0.717) is 0 Å². The van der Waals surface area contributed by atoms with Crippen LogP contribution in [0.4, 0.5) is 0 Å². The summed E-state index contributed by atoms with van der Waals surface area (Å²) in [6.45, 7) is 0. The fourth-order valence-electron chi connectivity index (χ4n) is 2.03. The van der Waals surface area contributed by atoms with Crippen molar-refractivity contribution in [2.45, 2.75) is 18.8 Å². The first-order chi connectivity index (χ1) is 7.66. The zero-order valence-corrected chi connectivity index (χ0v) is 8.72. The van der Waals surface area contributed by atoms with E-state index < -0.39 is 5.97 Å². The molecule has 1 unspecified atom stereocenters. The van der Waals surface area contributed by atoms with E-state index in [9.17, 15) is 9.59 Å². The third-order valence-corrected chi connectivity index (χ3v) is 2.75. The average Bonchev–Trinajstić information content (AvgIpc) is 2.39. The zero-order chi connectivity index (χ0) is 11.5. The molecule has 0 bridgehead atoms. The summed E-state index contributed by atoms with van der Waals surface area (Å²) in [6.07, 6.45) is 3.57. The summed E-state index contributed by atoms with van der Waals surface area (Å²) in [6, 6.07) is 7.55. The number of carbonyl (C=O) groups is 2. The Morgan fingerprint density at radius 1 is 1.31 bits per heavy atom. The van der Waals surface area contributed by atoms with Crippen LogP contribution in [-0.4, -0.2) is 16.9 Å². The molecule has 1 aliphatic rings. The fourth-order valence-corrected chi connectivity index (χ4v) is 2.03. The van der Waals surface area contributed by atoms with Gasteiger partial charge in [0, 0.05) is 12.3 Å². The second-order valence-corrected chi connectivity index (χ2v) is 3.93. The number of carboxylic acids is 1. The molecule has 0 heterocycles. The number of hydrogen-bond donors (Lipinski definition) is 1. The van der Waals surface area contributed by atoms with Gasteiger partial charge in [-0.05, 0) is 17.2 Å². The van der Waals surface area contributed by atoms with Crippen molar-refractivity contribution in [1.29, 1.82) is 0 Å². The lowest BCUT2D eigenvalue weighted by Gasteiger charge is -2.14. The lowest BCUT2D eigenvalue weighted by molar-refractivity contribution is -0.137. The zero-order valence-electron chi connectivity index (χ0n) is 8.72. The Bertz CT molecular complexity index is 460. The molecule has 82 valence electrons. The third kappa shape index (κ3) is 2.19. The summed E-state index contributed by atoms with van der Waals surface area (Å²) in [5, 5.41) is 8.84. The molecular formula is C13H12O3. The summed E-state index contributed by atoms with van der Waals surface area (Å²) in [7, 11) is 0. The lowest BCUT2D eigenvalue weighted by atomic mass is 9.89. The van der Waals surface area contributed by atoms with Gasteiger partial charge in [-0.3, -0.25) is 9.59 Å². The molecule has 3 nitrogen and oxygen atoms in total. The SMILES string of the molecule is O=C(O)CC1CC(=O)C=Cc2ccccc21. The lowest BCUT2D eigenvalue weighted by Crippen LogP contribution is -2.09. The highest BCUT2D eigenvalue weighted by Gasteiger charge is 2.22. The number of benzene rings is 1. The minimum Gasteiger partial charge on any atom is -0.481 e. The molecule has 0 aliphatic heterocycles. The first-order valence-electron chi connectivity index (χ1n) is 5.18. The number of aliphatic carboxylic acids is 1. The van der Waals surface area contributed by atoms with Crippen LogP contribution in [0.15, 0.2) is 30.3 Å². The number of ketones is 1. The molecule has 2 rings (SSSR count). The highest BCUT2D eigenvalue weighted by Crippen LogP contribution is 2.30. The van der Waals surface area contributed by atoms with Gasteiger partial charge in [0.25, 0.3) is 0 Å². The Kier molecular flexibility index (Phi) is 2.86. The minimum atomic E-state index is -0.866. The van der Waals surface area contributed by atoms with E-state index in [1.807, 2.05) is 24.3 Å². The van der Waals surface area contributed by atoms with Gasteiger partial charge < -0.3 is 5.11 Å². The first kappa shape index (κ1) is 10.6. The van der Waals surface area contributed by atoms with Crippen LogP contribution in [0.3, 0.4) is 0 Å². The van der Waals surface area contributed by atoms with Gasteiger partial charge >= 0.3 is 5.97 Å². The summed E-state index contributed by atoms with van der Waals surface area (Å²) in [4.78, 5) is 22.2. The number of fused-ring (bicyclic) bond motifs is 1. The quantitative estimate of drug-likeness (QED) is 0.824. The molecule has 1 aromatic rings. The van der Waals surface area contributed by atoms with Crippen molar-refractivity contribution in [3.63, 3.8) is 0 Å². The minimum absolute atomic E-state index is 0.00440. The predicted octanol–water partition coefficient (Wildman–Crippen LogP) is 2.23. The van der Waals surface area contributed by atoms with Gasteiger partial charge in [0.15, 0.2) is 5.78 Å². The van der Waals surface area contributed by atoms with Crippen LogP contribution in [0.1, 0.15) is 29.9 Å². The van der Waals surface area contributed by atoms with Crippen LogP contribution >= 0.6 is 0 Å². The van der Waals surface area contributed by atoms with Crippen molar-refractivity contribution in [2.75, 3.05) is 0 Å². The van der Waals surface area contributed by atoms with Crippen LogP contribution in [0, 0.1) is 0 Å². The van der Waals surface area contributed by atoms with Gasteiger partial charge in [-0.2, -0.15) is 0 Å². The second kappa shape index (κ2) is 4.31. The van der Waals surface area contributed by atoms with Crippen LogP contribution in [0.2, 0.25) is 0 Å². The van der Waals surface area contributed by atoms with E-state index in [2.05, 4.69) is 0 Å². The van der Waals surface area contributed by atoms with Crippen LogP contribution in [-0.2, 0) is 9.59 Å². The first-order valence-corrected chi connectivity index (χ1v) is 5.18. The topological polar surface area (TPSA) is 54.4 Å². The normalized spacial score (nSPS) is 19.0. The summed E-state index contributed by atoms with van der Waals surface area (Å²) in [5.41, 5.74) is 1.90. The van der Waals surface area contributed by atoms with Gasteiger partial charge in [-0.15, -0.1) is 0 Å². The maximum Gasteiger partial charge on any atom is 0.303 e. The van der Waals surface area contributed by atoms with E-state index in [1.54, 1.807) is 6.08 Å². The summed E-state index contributed by atoms with van der Waals surface area (Å²) >= 11 is 0. The van der Waals surface area contributed by atoms with Crippen LogP contribution in [0.25, 0.3) is 6.08 Å². The molecule has 1 atom stereocenters. The third-order valence-electron chi connectivity index (χ3n) is 2.75. The Morgan fingerprint density at radius 3 is 2.81 bits per heavy atom. The van der Waals surface area contributed by atoms with Crippen molar-refractivity contribution < 1.29 is 14.7 Å². The molecule has 0 saturated heterocycles. The summed E-state index contributed by atoms with van der Waals surface area (Å²) < 4.78 is 0. The maximum absolute atomic E-state index is 11.5. The molecule has 0 fully saturated rings. The smallest absolute Gasteiger partial charge is 0.303 e. The molecular weight excluding hydrogens is 204 g/mol. The summed E-state index contributed by atoms with van der Waals surface area (Å²) in [5.74, 6) is -1.09. The molecule has 0 amide bonds. The molecule has 0 saturated carbocycles. The standard InChI is InChI=1S/C13H12O3/c14-11-6-5-9-3-1-2-4-12(9)10(7-11)8-13(15)16/h1-6,10H,7-8H2,(H,15,16). The molecule has 0 aromatic heterocycles. The van der Waals surface area contributed by atoms with Gasteiger partial charge in [0.05, 0.1) is 6.42 Å². The maximum atomic E-state index is 11.5. The highest BCUT2D eigenvalue weighted by atomic mass is 16.4. The Hall–Kier alpha value is -1.90. The number of hydrogen-bond acceptors (Lipinski definition) is 2. The van der Waals surface area contributed by atoms with E-state index >= 15 is 0 Å². The molecule has 16 heavy (non-hydrogen) atoms. The molecule has 3 heteroatoms. The van der Waals surface area contributed by atoms with Gasteiger partial charge in [0.1, 0.15) is 0 Å². The molecule has 1 aromatic carbocycles. The number of rotatable bonds is 2. The van der Waals surface area contributed by atoms with Crippen molar-refractivity contribution in [3.8, 4) is 0 Å². The van der Waals surface area contributed by atoms with Crippen molar-refractivity contribution in [2.24, 2.45) is 0 Å². The largest absolute Gasteiger partial charge is 0.481 e. The Morgan fingerprint density at radius 2 is 2.06 bits per heavy atom. The molecule has 1 aliphatic carbocycles. The molecule has 0 radical (unpaired) electrons. The van der Waals surface area contributed by atoms with Crippen molar-refractivity contribution in [3.05, 3.63) is 41.5 Å². The van der Waals surface area contributed by atoms with Crippen molar-refractivity contribution in [1.82, 2.24) is 0 Å². The highest BCUT2D eigenvalue weighted by molar-refractivity contribution is 5.95. The van der Waals surface area contributed by atoms with E-state index in [4.69, 9.17) is 5.11 Å². The van der Waals surface area contributed by atoms with Gasteiger partial charge in [0.2, 0.25) is 0 Å². The average molecular weight is 216 g/mol. The number of carboxylic acid groups (broad SMARTS) is 1. The number of carbonyl (C=O) groups excluding carboxylic acids is 1. The molecule has 0 spiro atoms.